The highest BCUT2D eigenvalue weighted by Crippen LogP contribution is 2.11. The molecule has 1 aliphatic heterocycles. The lowest BCUT2D eigenvalue weighted by atomic mass is 10.1. The third-order valence-corrected chi connectivity index (χ3v) is 4.48. The van der Waals surface area contributed by atoms with E-state index in [9.17, 15) is 9.18 Å². The van der Waals surface area contributed by atoms with Crippen molar-refractivity contribution in [2.24, 2.45) is 4.99 Å². The molecule has 1 saturated heterocycles. The summed E-state index contributed by atoms with van der Waals surface area (Å²) in [4.78, 5) is 20.5. The number of furan rings is 1. The van der Waals surface area contributed by atoms with E-state index in [1.165, 1.54) is 12.3 Å². The largest absolute Gasteiger partial charge is 0.459 e. The molecule has 1 aromatic carbocycles. The number of carbonyl (C=O) groups excluding carboxylic acids is 1. The van der Waals surface area contributed by atoms with Gasteiger partial charge in [-0.05, 0) is 36.2 Å². The van der Waals surface area contributed by atoms with E-state index in [1.807, 2.05) is 6.07 Å². The van der Waals surface area contributed by atoms with Crippen molar-refractivity contribution in [3.63, 3.8) is 0 Å². The second-order valence-corrected chi connectivity index (χ2v) is 6.24. The first-order chi connectivity index (χ1) is 12.6. The summed E-state index contributed by atoms with van der Waals surface area (Å²) < 4.78 is 18.5. The molecule has 7 heteroatoms. The van der Waals surface area contributed by atoms with Crippen LogP contribution in [0.25, 0.3) is 0 Å². The van der Waals surface area contributed by atoms with Gasteiger partial charge in [-0.1, -0.05) is 12.1 Å². The maximum absolute atomic E-state index is 13.4. The van der Waals surface area contributed by atoms with Gasteiger partial charge < -0.3 is 19.5 Å². The zero-order chi connectivity index (χ0) is 18.5. The quantitative estimate of drug-likeness (QED) is 0.675. The molecular weight excluding hydrogens is 335 g/mol. The van der Waals surface area contributed by atoms with E-state index >= 15 is 0 Å². The lowest BCUT2D eigenvalue weighted by Crippen LogP contribution is -2.53. The number of amides is 1. The number of halogens is 1. The zero-order valence-corrected chi connectivity index (χ0v) is 15.0. The Kier molecular flexibility index (Phi) is 5.55. The Morgan fingerprint density at radius 2 is 1.96 bits per heavy atom. The molecule has 0 spiro atoms. The Balaban J connectivity index is 1.53. The Morgan fingerprint density at radius 1 is 1.23 bits per heavy atom. The summed E-state index contributed by atoms with van der Waals surface area (Å²) in [5, 5.41) is 3.31. The SMILES string of the molecule is CN=C(NCc1ccc(F)c(C)c1)N1CCN(C(=O)c2ccco2)CC1. The summed E-state index contributed by atoms with van der Waals surface area (Å²) >= 11 is 0. The standard InChI is InChI=1S/C19H23FN4O2/c1-14-12-15(5-6-16(14)20)13-22-19(21-2)24-9-7-23(8-10-24)18(25)17-4-3-11-26-17/h3-6,11-12H,7-10,13H2,1-2H3,(H,21,22). The van der Waals surface area contributed by atoms with E-state index in [0.717, 1.165) is 11.5 Å². The monoisotopic (exact) mass is 358 g/mol. The van der Waals surface area contributed by atoms with Gasteiger partial charge in [0, 0.05) is 39.8 Å². The molecule has 26 heavy (non-hydrogen) atoms. The van der Waals surface area contributed by atoms with Gasteiger partial charge in [0.15, 0.2) is 11.7 Å². The number of hydrogen-bond donors (Lipinski definition) is 1. The van der Waals surface area contributed by atoms with E-state index in [0.29, 0.717) is 44.0 Å². The van der Waals surface area contributed by atoms with Crippen LogP contribution in [0.2, 0.25) is 0 Å². The molecule has 6 nitrogen and oxygen atoms in total. The van der Waals surface area contributed by atoms with Crippen molar-refractivity contribution in [3.8, 4) is 0 Å². The van der Waals surface area contributed by atoms with Crippen LogP contribution in [-0.2, 0) is 6.54 Å². The number of benzene rings is 1. The van der Waals surface area contributed by atoms with Crippen LogP contribution < -0.4 is 5.32 Å². The summed E-state index contributed by atoms with van der Waals surface area (Å²) in [6.07, 6.45) is 1.51. The van der Waals surface area contributed by atoms with Gasteiger partial charge in [-0.2, -0.15) is 0 Å². The van der Waals surface area contributed by atoms with E-state index in [4.69, 9.17) is 4.42 Å². The number of aryl methyl sites for hydroxylation is 1. The molecule has 2 heterocycles. The van der Waals surface area contributed by atoms with Crippen LogP contribution in [-0.4, -0.2) is 54.9 Å². The maximum Gasteiger partial charge on any atom is 0.289 e. The van der Waals surface area contributed by atoms with E-state index < -0.39 is 0 Å². The molecule has 2 aromatic rings. The summed E-state index contributed by atoms with van der Waals surface area (Å²) in [6, 6.07) is 8.47. The average molecular weight is 358 g/mol. The second-order valence-electron chi connectivity index (χ2n) is 6.24. The van der Waals surface area contributed by atoms with Crippen molar-refractivity contribution >= 4 is 11.9 Å². The zero-order valence-electron chi connectivity index (χ0n) is 15.0. The van der Waals surface area contributed by atoms with Crippen LogP contribution in [0.15, 0.2) is 46.0 Å². The van der Waals surface area contributed by atoms with E-state index in [1.54, 1.807) is 37.1 Å². The number of rotatable bonds is 3. The van der Waals surface area contributed by atoms with Gasteiger partial charge in [0.2, 0.25) is 0 Å². The first-order valence-corrected chi connectivity index (χ1v) is 8.62. The summed E-state index contributed by atoms with van der Waals surface area (Å²) in [7, 11) is 1.73. The van der Waals surface area contributed by atoms with Crippen molar-refractivity contribution in [2.75, 3.05) is 33.2 Å². The summed E-state index contributed by atoms with van der Waals surface area (Å²) in [6.45, 7) is 4.91. The average Bonchev–Trinajstić information content (AvgIpc) is 3.20. The minimum absolute atomic E-state index is 0.0839. The van der Waals surface area contributed by atoms with Gasteiger partial charge in [-0.15, -0.1) is 0 Å². The molecule has 1 aromatic heterocycles. The fraction of sp³-hybridized carbons (Fsp3) is 0.368. The topological polar surface area (TPSA) is 61.1 Å². The lowest BCUT2D eigenvalue weighted by Gasteiger charge is -2.36. The first kappa shape index (κ1) is 18.0. The fourth-order valence-corrected chi connectivity index (χ4v) is 3.01. The van der Waals surface area contributed by atoms with Crippen molar-refractivity contribution in [1.82, 2.24) is 15.1 Å². The Hall–Kier alpha value is -2.83. The van der Waals surface area contributed by atoms with E-state index in [2.05, 4.69) is 15.2 Å². The third-order valence-electron chi connectivity index (χ3n) is 4.48. The fourth-order valence-electron chi connectivity index (χ4n) is 3.01. The van der Waals surface area contributed by atoms with Crippen molar-refractivity contribution < 1.29 is 13.6 Å². The second kappa shape index (κ2) is 8.03. The summed E-state index contributed by atoms with van der Waals surface area (Å²) in [5.41, 5.74) is 1.63. The molecular formula is C19H23FN4O2. The molecule has 0 unspecified atom stereocenters. The molecule has 0 bridgehead atoms. The van der Waals surface area contributed by atoms with Crippen LogP contribution in [0, 0.1) is 12.7 Å². The minimum Gasteiger partial charge on any atom is -0.459 e. The van der Waals surface area contributed by atoms with Gasteiger partial charge in [0.1, 0.15) is 5.82 Å². The van der Waals surface area contributed by atoms with Gasteiger partial charge in [0.05, 0.1) is 6.26 Å². The molecule has 0 radical (unpaired) electrons. The maximum atomic E-state index is 13.4. The first-order valence-electron chi connectivity index (χ1n) is 8.62. The number of hydrogen-bond acceptors (Lipinski definition) is 3. The van der Waals surface area contributed by atoms with Crippen LogP contribution in [0.3, 0.4) is 0 Å². The molecule has 1 fully saturated rings. The Bertz CT molecular complexity index is 781. The van der Waals surface area contributed by atoms with Crippen molar-refractivity contribution in [3.05, 3.63) is 59.3 Å². The molecule has 3 rings (SSSR count). The lowest BCUT2D eigenvalue weighted by molar-refractivity contribution is 0.0657. The van der Waals surface area contributed by atoms with Crippen LogP contribution in [0.5, 0.6) is 0 Å². The minimum atomic E-state index is -0.199. The van der Waals surface area contributed by atoms with Crippen LogP contribution >= 0.6 is 0 Å². The number of aliphatic imine (C=N–C) groups is 1. The third kappa shape index (κ3) is 4.04. The van der Waals surface area contributed by atoms with Crippen LogP contribution in [0.4, 0.5) is 4.39 Å². The summed E-state index contributed by atoms with van der Waals surface area (Å²) in [5.74, 6) is 0.861. The highest BCUT2D eigenvalue weighted by Gasteiger charge is 2.25. The molecule has 138 valence electrons. The Labute approximate surface area is 152 Å². The van der Waals surface area contributed by atoms with Gasteiger partial charge >= 0.3 is 0 Å². The smallest absolute Gasteiger partial charge is 0.289 e. The predicted octanol–water partition coefficient (Wildman–Crippen LogP) is 2.26. The molecule has 1 amide bonds. The number of nitrogens with zero attached hydrogens (tertiary/aromatic N) is 3. The molecule has 1 N–H and O–H groups in total. The number of piperazine rings is 1. The van der Waals surface area contributed by atoms with Crippen LogP contribution in [0.1, 0.15) is 21.7 Å². The van der Waals surface area contributed by atoms with Crippen molar-refractivity contribution in [2.45, 2.75) is 13.5 Å². The molecule has 0 aliphatic carbocycles. The highest BCUT2D eigenvalue weighted by molar-refractivity contribution is 5.91. The highest BCUT2D eigenvalue weighted by atomic mass is 19.1. The van der Waals surface area contributed by atoms with Crippen molar-refractivity contribution in [1.29, 1.82) is 0 Å². The molecule has 1 aliphatic rings. The number of guanidine groups is 1. The molecule has 0 saturated carbocycles. The van der Waals surface area contributed by atoms with Gasteiger partial charge in [-0.3, -0.25) is 9.79 Å². The van der Waals surface area contributed by atoms with Gasteiger partial charge in [0.25, 0.3) is 5.91 Å². The normalized spacial score (nSPS) is 15.3. The number of carbonyl (C=O) groups is 1. The number of nitrogens with one attached hydrogen (secondary N) is 1. The van der Waals surface area contributed by atoms with E-state index in [-0.39, 0.29) is 11.7 Å². The molecule has 0 atom stereocenters. The van der Waals surface area contributed by atoms with Gasteiger partial charge in [-0.25, -0.2) is 4.39 Å². The predicted molar refractivity (Wildman–Crippen MR) is 97.5 cm³/mol. The Morgan fingerprint density at radius 3 is 2.58 bits per heavy atom.